The number of aromatic amines is 1. The van der Waals surface area contributed by atoms with Crippen molar-refractivity contribution in [2.45, 2.75) is 19.5 Å². The molecule has 0 aromatic carbocycles. The summed E-state index contributed by atoms with van der Waals surface area (Å²) >= 11 is 0. The summed E-state index contributed by atoms with van der Waals surface area (Å²) in [4.78, 5) is 11.5. The second-order valence-electron chi connectivity index (χ2n) is 3.66. The maximum atomic E-state index is 5.59. The first kappa shape index (κ1) is 10.5. The van der Waals surface area contributed by atoms with Crippen LogP contribution in [-0.4, -0.2) is 29.6 Å². The van der Waals surface area contributed by atoms with E-state index in [1.807, 2.05) is 25.4 Å². The molecule has 0 saturated heterocycles. The number of nitrogens with one attached hydrogen (secondary N) is 3. The fraction of sp³-hybridized carbons (Fsp3) is 0.400. The Morgan fingerprint density at radius 2 is 2.44 bits per heavy atom. The summed E-state index contributed by atoms with van der Waals surface area (Å²) in [6, 6.07) is 2.04. The van der Waals surface area contributed by atoms with Crippen molar-refractivity contribution in [3.63, 3.8) is 0 Å². The zero-order valence-electron chi connectivity index (χ0n) is 9.20. The fourth-order valence-corrected chi connectivity index (χ4v) is 1.52. The molecule has 2 heterocycles. The summed E-state index contributed by atoms with van der Waals surface area (Å²) in [7, 11) is 0. The first-order chi connectivity index (χ1) is 7.74. The van der Waals surface area contributed by atoms with Crippen molar-refractivity contribution < 1.29 is 0 Å². The van der Waals surface area contributed by atoms with Gasteiger partial charge >= 0.3 is 0 Å². The molecular formula is C10H16N6. The number of hydrogen-bond acceptors (Lipinski definition) is 3. The third-order valence-corrected chi connectivity index (χ3v) is 2.26. The van der Waals surface area contributed by atoms with Gasteiger partial charge < -0.3 is 16.0 Å². The lowest BCUT2D eigenvalue weighted by molar-refractivity contribution is 0.663. The second kappa shape index (κ2) is 4.69. The first-order valence-corrected chi connectivity index (χ1v) is 5.27. The van der Waals surface area contributed by atoms with Gasteiger partial charge in [-0.25, -0.2) is 4.99 Å². The van der Waals surface area contributed by atoms with Gasteiger partial charge in [-0.1, -0.05) is 0 Å². The highest BCUT2D eigenvalue weighted by atomic mass is 15.3. The summed E-state index contributed by atoms with van der Waals surface area (Å²) in [6.07, 6.45) is 4.77. The van der Waals surface area contributed by atoms with Crippen LogP contribution in [0.2, 0.25) is 0 Å². The van der Waals surface area contributed by atoms with Gasteiger partial charge in [0, 0.05) is 18.9 Å². The number of aliphatic imine (C=N–C) groups is 2. The minimum Gasteiger partial charge on any atom is -0.370 e. The first-order valence-electron chi connectivity index (χ1n) is 5.27. The Morgan fingerprint density at radius 1 is 1.56 bits per heavy atom. The maximum Gasteiger partial charge on any atom is 0.199 e. The number of guanidine groups is 2. The lowest BCUT2D eigenvalue weighted by Crippen LogP contribution is -2.52. The molecular weight excluding hydrogens is 204 g/mol. The van der Waals surface area contributed by atoms with Crippen LogP contribution < -0.4 is 16.4 Å². The van der Waals surface area contributed by atoms with Crippen LogP contribution in [0, 0.1) is 0 Å². The molecule has 2 rings (SSSR count). The summed E-state index contributed by atoms with van der Waals surface area (Å²) in [5.41, 5.74) is 6.84. The van der Waals surface area contributed by atoms with E-state index in [0.717, 1.165) is 6.42 Å². The average molecular weight is 220 g/mol. The molecule has 1 aromatic rings. The van der Waals surface area contributed by atoms with Crippen molar-refractivity contribution in [3.05, 3.63) is 24.0 Å². The van der Waals surface area contributed by atoms with E-state index in [9.17, 15) is 0 Å². The Balaban J connectivity index is 1.86. The van der Waals surface area contributed by atoms with Gasteiger partial charge in [0.1, 0.15) is 6.17 Å². The fourth-order valence-electron chi connectivity index (χ4n) is 1.52. The molecule has 16 heavy (non-hydrogen) atoms. The molecule has 0 spiro atoms. The van der Waals surface area contributed by atoms with Crippen LogP contribution in [0.25, 0.3) is 0 Å². The van der Waals surface area contributed by atoms with E-state index in [1.54, 1.807) is 0 Å². The van der Waals surface area contributed by atoms with E-state index in [-0.39, 0.29) is 6.17 Å². The highest BCUT2D eigenvalue weighted by Crippen LogP contribution is 1.98. The molecule has 5 N–H and O–H groups in total. The molecule has 0 saturated carbocycles. The van der Waals surface area contributed by atoms with Gasteiger partial charge in [-0.3, -0.25) is 10.3 Å². The monoisotopic (exact) mass is 220 g/mol. The molecule has 0 aliphatic carbocycles. The van der Waals surface area contributed by atoms with Crippen molar-refractivity contribution in [1.82, 2.24) is 15.6 Å². The summed E-state index contributed by atoms with van der Waals surface area (Å²) in [5.74, 6) is 1.10. The molecule has 0 fully saturated rings. The number of nitrogens with zero attached hydrogens (tertiary/aromatic N) is 2. The molecule has 6 heteroatoms. The minimum atomic E-state index is -0.0211. The van der Waals surface area contributed by atoms with Gasteiger partial charge in [-0.05, 0) is 25.0 Å². The van der Waals surface area contributed by atoms with Gasteiger partial charge in [-0.15, -0.1) is 0 Å². The largest absolute Gasteiger partial charge is 0.370 e. The van der Waals surface area contributed by atoms with E-state index < -0.39 is 0 Å². The zero-order chi connectivity index (χ0) is 11.4. The van der Waals surface area contributed by atoms with Crippen molar-refractivity contribution in [3.8, 4) is 0 Å². The Bertz CT molecular complexity index is 391. The lowest BCUT2D eigenvalue weighted by Gasteiger charge is -2.20. The molecule has 1 aliphatic rings. The van der Waals surface area contributed by atoms with Gasteiger partial charge in [0.05, 0.1) is 0 Å². The summed E-state index contributed by atoms with van der Waals surface area (Å²) in [6.45, 7) is 2.64. The van der Waals surface area contributed by atoms with Gasteiger partial charge in [0.15, 0.2) is 11.9 Å². The Kier molecular flexibility index (Phi) is 3.09. The third-order valence-electron chi connectivity index (χ3n) is 2.26. The zero-order valence-corrected chi connectivity index (χ0v) is 9.20. The molecule has 0 amide bonds. The number of nitrogens with two attached hydrogens (primary N) is 1. The molecule has 6 nitrogen and oxygen atoms in total. The minimum absolute atomic E-state index is 0.0211. The van der Waals surface area contributed by atoms with E-state index in [2.05, 4.69) is 25.6 Å². The van der Waals surface area contributed by atoms with E-state index >= 15 is 0 Å². The molecule has 0 bridgehead atoms. The Labute approximate surface area is 94.1 Å². The van der Waals surface area contributed by atoms with Crippen LogP contribution >= 0.6 is 0 Å². The predicted molar refractivity (Wildman–Crippen MR) is 64.2 cm³/mol. The predicted octanol–water partition coefficient (Wildman–Crippen LogP) is -0.233. The third kappa shape index (κ3) is 2.75. The van der Waals surface area contributed by atoms with Crippen LogP contribution in [0.1, 0.15) is 12.5 Å². The van der Waals surface area contributed by atoms with Crippen LogP contribution in [0.15, 0.2) is 28.4 Å². The normalized spacial score (nSPS) is 22.4. The lowest BCUT2D eigenvalue weighted by atomic mass is 10.2. The molecule has 1 aliphatic heterocycles. The molecule has 1 aromatic heterocycles. The standard InChI is InChI=1S/C10H16N6/c1-7-14-9(11)16-10(15-7)13-5-3-8-2-4-12-6-8/h2,4,6-7,12H,3,5H2,1H3,(H4,11,13,14,15,16). The molecule has 1 atom stereocenters. The quantitative estimate of drug-likeness (QED) is 0.567. The van der Waals surface area contributed by atoms with Crippen molar-refractivity contribution in [2.75, 3.05) is 6.54 Å². The van der Waals surface area contributed by atoms with Crippen molar-refractivity contribution in [1.29, 1.82) is 0 Å². The number of H-pyrrole nitrogens is 1. The highest BCUT2D eigenvalue weighted by Gasteiger charge is 2.11. The number of aromatic nitrogens is 1. The van der Waals surface area contributed by atoms with E-state index in [0.29, 0.717) is 18.5 Å². The second-order valence-corrected chi connectivity index (χ2v) is 3.66. The van der Waals surface area contributed by atoms with Crippen LogP contribution in [0.3, 0.4) is 0 Å². The van der Waals surface area contributed by atoms with E-state index in [4.69, 9.17) is 5.73 Å². The SMILES string of the molecule is CC1N=C(N)NC(=NCCc2cc[nH]c2)N1. The van der Waals surface area contributed by atoms with E-state index in [1.165, 1.54) is 5.56 Å². The number of hydrogen-bond donors (Lipinski definition) is 4. The smallest absolute Gasteiger partial charge is 0.199 e. The van der Waals surface area contributed by atoms with Gasteiger partial charge in [0.25, 0.3) is 0 Å². The average Bonchev–Trinajstić information content (AvgIpc) is 2.69. The summed E-state index contributed by atoms with van der Waals surface area (Å²) in [5, 5.41) is 5.98. The number of rotatable bonds is 3. The van der Waals surface area contributed by atoms with Crippen molar-refractivity contribution >= 4 is 11.9 Å². The Hall–Kier alpha value is -1.98. The summed E-state index contributed by atoms with van der Waals surface area (Å²) < 4.78 is 0. The van der Waals surface area contributed by atoms with Crippen LogP contribution in [-0.2, 0) is 6.42 Å². The maximum absolute atomic E-state index is 5.59. The van der Waals surface area contributed by atoms with Gasteiger partial charge in [0.2, 0.25) is 0 Å². The molecule has 86 valence electrons. The topological polar surface area (TPSA) is 90.6 Å². The van der Waals surface area contributed by atoms with Gasteiger partial charge in [-0.2, -0.15) is 0 Å². The van der Waals surface area contributed by atoms with Crippen LogP contribution in [0.5, 0.6) is 0 Å². The Morgan fingerprint density at radius 3 is 3.12 bits per heavy atom. The highest BCUT2D eigenvalue weighted by molar-refractivity contribution is 5.99. The van der Waals surface area contributed by atoms with Crippen LogP contribution in [0.4, 0.5) is 0 Å². The molecule has 0 radical (unpaired) electrons. The molecule has 1 unspecified atom stereocenters. The van der Waals surface area contributed by atoms with Crippen molar-refractivity contribution in [2.24, 2.45) is 15.7 Å².